The normalized spacial score (nSPS) is 52.7. The molecule has 6 rings (SSSR count). The number of hydrogen-bond acceptors (Lipinski definition) is 12. The van der Waals surface area contributed by atoms with E-state index in [0.29, 0.717) is 19.4 Å². The van der Waals surface area contributed by atoms with Gasteiger partial charge in [0.1, 0.15) is 41.5 Å². The predicted molar refractivity (Wildman–Crippen MR) is 127 cm³/mol. The number of carbonyl (C=O) groups is 4. The summed E-state index contributed by atoms with van der Waals surface area (Å²) in [6.45, 7) is 6.87. The predicted octanol–water partition coefficient (Wildman–Crippen LogP) is 0.417. The van der Waals surface area contributed by atoms with Gasteiger partial charge in [0.05, 0.1) is 30.1 Å². The highest BCUT2D eigenvalue weighted by Crippen LogP contribution is 2.68. The molecule has 2 spiro atoms. The van der Waals surface area contributed by atoms with E-state index in [-0.39, 0.29) is 0 Å². The van der Waals surface area contributed by atoms with E-state index in [1.165, 1.54) is 20.8 Å². The number of carbonyl (C=O) groups excluding carboxylic acids is 4. The first-order valence-electron chi connectivity index (χ1n) is 13.2. The van der Waals surface area contributed by atoms with Crippen molar-refractivity contribution in [2.24, 2.45) is 17.3 Å². The minimum absolute atomic E-state index is 0.291. The lowest BCUT2D eigenvalue weighted by Crippen LogP contribution is -2.69. The first kappa shape index (κ1) is 27.2. The zero-order valence-corrected chi connectivity index (χ0v) is 23.1. The zero-order valence-electron chi connectivity index (χ0n) is 22.3. The maximum Gasteiger partial charge on any atom is 0.312 e. The van der Waals surface area contributed by atoms with E-state index in [1.807, 2.05) is 0 Å². The number of aliphatic hydroxyl groups is 1. The lowest BCUT2D eigenvalue weighted by molar-refractivity contribution is -0.255. The highest BCUT2D eigenvalue weighted by molar-refractivity contribution is 6.22. The van der Waals surface area contributed by atoms with E-state index in [4.69, 9.17) is 44.8 Å². The van der Waals surface area contributed by atoms with Crippen molar-refractivity contribution in [2.45, 2.75) is 106 Å². The quantitative estimate of drug-likeness (QED) is 0.214. The summed E-state index contributed by atoms with van der Waals surface area (Å²) in [6.07, 6.45) is -5.05. The van der Waals surface area contributed by atoms with Gasteiger partial charge in [0, 0.05) is 26.7 Å². The maximum absolute atomic E-state index is 13.1. The lowest BCUT2D eigenvalue weighted by Gasteiger charge is -2.56. The molecule has 2 bridgehead atoms. The summed E-state index contributed by atoms with van der Waals surface area (Å²) in [5, 5.41) is 9.67. The summed E-state index contributed by atoms with van der Waals surface area (Å²) in [4.78, 5) is 50.7. The molecule has 13 heteroatoms. The summed E-state index contributed by atoms with van der Waals surface area (Å²) in [6, 6.07) is 0. The van der Waals surface area contributed by atoms with Gasteiger partial charge in [0.2, 0.25) is 0 Å². The maximum atomic E-state index is 13.1. The summed E-state index contributed by atoms with van der Waals surface area (Å²) < 4.78 is 42.7. The molecule has 1 aliphatic carbocycles. The molecule has 39 heavy (non-hydrogen) atoms. The van der Waals surface area contributed by atoms with Crippen LogP contribution in [-0.2, 0) is 52.3 Å². The van der Waals surface area contributed by atoms with E-state index in [1.54, 1.807) is 13.8 Å². The van der Waals surface area contributed by atoms with Crippen LogP contribution in [0.3, 0.4) is 0 Å². The molecule has 0 amide bonds. The molecular formula is C26H33ClO12. The summed E-state index contributed by atoms with van der Waals surface area (Å²) in [5.41, 5.74) is -5.36. The molecule has 1 saturated carbocycles. The molecule has 0 unspecified atom stereocenters. The third-order valence-electron chi connectivity index (χ3n) is 9.90. The first-order valence-corrected chi connectivity index (χ1v) is 13.7. The second-order valence-corrected chi connectivity index (χ2v) is 12.4. The van der Waals surface area contributed by atoms with Gasteiger partial charge in [-0.3, -0.25) is 19.2 Å². The largest absolute Gasteiger partial charge is 0.462 e. The smallest absolute Gasteiger partial charge is 0.312 e. The molecule has 6 fully saturated rings. The van der Waals surface area contributed by atoms with Crippen LogP contribution in [0.2, 0.25) is 0 Å². The molecule has 6 aliphatic rings. The molecule has 5 aliphatic heterocycles. The molecule has 5 heterocycles. The summed E-state index contributed by atoms with van der Waals surface area (Å²) >= 11 is 6.97. The molecule has 0 aromatic carbocycles. The van der Waals surface area contributed by atoms with Crippen molar-refractivity contribution in [1.29, 1.82) is 0 Å². The van der Waals surface area contributed by atoms with E-state index >= 15 is 0 Å². The lowest BCUT2D eigenvalue weighted by atomic mass is 9.52. The first-order chi connectivity index (χ1) is 18.3. The Hall–Kier alpha value is -1.99. The number of epoxide rings is 2. The molecule has 12 nitrogen and oxygen atoms in total. The number of aliphatic hydroxyl groups excluding tert-OH is 1. The Kier molecular flexibility index (Phi) is 5.93. The Balaban J connectivity index is 1.64. The van der Waals surface area contributed by atoms with Crippen LogP contribution in [0.1, 0.15) is 47.5 Å². The number of esters is 4. The van der Waals surface area contributed by atoms with Gasteiger partial charge in [-0.05, 0) is 19.8 Å². The number of ether oxygens (including phenoxy) is 7. The van der Waals surface area contributed by atoms with Crippen molar-refractivity contribution in [3.8, 4) is 0 Å². The second kappa shape index (κ2) is 8.51. The van der Waals surface area contributed by atoms with Crippen LogP contribution in [0.4, 0.5) is 0 Å². The average molecular weight is 573 g/mol. The van der Waals surface area contributed by atoms with Crippen LogP contribution < -0.4 is 0 Å². The van der Waals surface area contributed by atoms with Gasteiger partial charge in [-0.2, -0.15) is 0 Å². The van der Waals surface area contributed by atoms with Gasteiger partial charge in [-0.15, -0.1) is 11.6 Å². The van der Waals surface area contributed by atoms with E-state index < -0.39 is 107 Å². The minimum atomic E-state index is -1.65. The fourth-order valence-corrected chi connectivity index (χ4v) is 8.65. The van der Waals surface area contributed by atoms with Crippen LogP contribution in [0.25, 0.3) is 0 Å². The van der Waals surface area contributed by atoms with Crippen molar-refractivity contribution in [1.82, 2.24) is 0 Å². The topological polar surface area (TPSA) is 160 Å². The van der Waals surface area contributed by atoms with Gasteiger partial charge in [0.15, 0.2) is 11.7 Å². The third-order valence-corrected chi connectivity index (χ3v) is 10.5. The second-order valence-electron chi connectivity index (χ2n) is 12.0. The van der Waals surface area contributed by atoms with Gasteiger partial charge < -0.3 is 38.3 Å². The van der Waals surface area contributed by atoms with Gasteiger partial charge in [-0.25, -0.2) is 0 Å². The Labute approximate surface area is 229 Å². The third kappa shape index (κ3) is 3.44. The Morgan fingerprint density at radius 1 is 1.05 bits per heavy atom. The fraction of sp³-hybridized carbons (Fsp3) is 0.846. The zero-order chi connectivity index (χ0) is 28.3. The Morgan fingerprint density at radius 2 is 1.67 bits per heavy atom. The monoisotopic (exact) mass is 572 g/mol. The molecule has 216 valence electrons. The van der Waals surface area contributed by atoms with Crippen LogP contribution in [0, 0.1) is 17.3 Å². The number of rotatable bonds is 4. The van der Waals surface area contributed by atoms with E-state index in [0.717, 1.165) is 0 Å². The van der Waals surface area contributed by atoms with E-state index in [9.17, 15) is 24.3 Å². The number of hydrogen-bond donors (Lipinski definition) is 1. The van der Waals surface area contributed by atoms with Crippen molar-refractivity contribution < 1.29 is 57.4 Å². The standard InChI is InChI=1S/C26H33ClO12/c1-10-22(32)38-21-17(27)25(8-28)19-15(37-19)18(35-12(3)30)23(5)14(34-11(2)29)6-7-24(9-33-24)16(23)20(36-13(4)31)26(10,21)39-25/h10,14-21,28H,6-9H2,1-5H3/t10-,14-,15-,16+,17+,18-,19+,20-,21-,23-,24-,25+,26-/m0/s1. The number of halogens is 1. The van der Waals surface area contributed by atoms with Crippen molar-refractivity contribution in [3.63, 3.8) is 0 Å². The van der Waals surface area contributed by atoms with Gasteiger partial charge in [-0.1, -0.05) is 6.92 Å². The average Bonchev–Trinajstić information content (AvgIpc) is 3.77. The van der Waals surface area contributed by atoms with Crippen molar-refractivity contribution >= 4 is 35.5 Å². The SMILES string of the molecule is CC(=O)O[C@H]1CC[C@]2(CO2)[C@@H]2[C@H](OC(C)=O)[C@]34O[C@](CO)([C@H](Cl)[C@@H]3OC(=O)[C@@H]4C)[C@@H]3O[C@H]3[C@H](OC(C)=O)[C@@]12C. The van der Waals surface area contributed by atoms with Crippen LogP contribution in [0.15, 0.2) is 0 Å². The molecule has 0 aromatic rings. The Morgan fingerprint density at radius 3 is 2.23 bits per heavy atom. The van der Waals surface area contributed by atoms with Crippen LogP contribution in [0.5, 0.6) is 0 Å². The molecule has 13 atom stereocenters. The molecule has 1 N–H and O–H groups in total. The minimum Gasteiger partial charge on any atom is -0.462 e. The summed E-state index contributed by atoms with van der Waals surface area (Å²) in [5.74, 6) is -4.20. The molecule has 0 aromatic heterocycles. The Bertz CT molecular complexity index is 1120. The summed E-state index contributed by atoms with van der Waals surface area (Å²) in [7, 11) is 0. The van der Waals surface area contributed by atoms with Crippen LogP contribution in [-0.4, -0.2) is 101 Å². The van der Waals surface area contributed by atoms with E-state index in [2.05, 4.69) is 0 Å². The van der Waals surface area contributed by atoms with Crippen molar-refractivity contribution in [3.05, 3.63) is 0 Å². The highest BCUT2D eigenvalue weighted by atomic mass is 35.5. The number of alkyl halides is 1. The molecular weight excluding hydrogens is 540 g/mol. The molecule has 5 saturated heterocycles. The van der Waals surface area contributed by atoms with Gasteiger partial charge >= 0.3 is 23.9 Å². The highest BCUT2D eigenvalue weighted by Gasteiger charge is 2.85. The van der Waals surface area contributed by atoms with Crippen molar-refractivity contribution in [2.75, 3.05) is 13.2 Å². The van der Waals surface area contributed by atoms with Gasteiger partial charge in [0.25, 0.3) is 0 Å². The van der Waals surface area contributed by atoms with Crippen LogP contribution >= 0.6 is 11.6 Å². The fourth-order valence-electron chi connectivity index (χ4n) is 8.16. The molecule has 0 radical (unpaired) electrons. The number of fused-ring (bicyclic) bond motifs is 5.